The van der Waals surface area contributed by atoms with Crippen molar-refractivity contribution in [1.29, 1.82) is 0 Å². The highest BCUT2D eigenvalue weighted by Crippen LogP contribution is 2.06. The molecule has 0 fully saturated rings. The van der Waals surface area contributed by atoms with Crippen LogP contribution in [0.15, 0.2) is 24.3 Å². The molecule has 0 saturated heterocycles. The molecule has 0 saturated carbocycles. The van der Waals surface area contributed by atoms with Crippen LogP contribution < -0.4 is 5.32 Å². The number of carbonyl (C=O) groups is 1. The summed E-state index contributed by atoms with van der Waals surface area (Å²) in [6, 6.07) is 6.23. The van der Waals surface area contributed by atoms with Crippen molar-refractivity contribution >= 4 is 5.91 Å². The third-order valence-electron chi connectivity index (χ3n) is 3.20. The zero-order chi connectivity index (χ0) is 16.2. The Kier molecular flexibility index (Phi) is 9.42. The lowest BCUT2D eigenvalue weighted by Gasteiger charge is -2.16. The van der Waals surface area contributed by atoms with E-state index in [2.05, 4.69) is 5.32 Å². The minimum atomic E-state index is -0.258. The minimum absolute atomic E-state index is 0.00805. The van der Waals surface area contributed by atoms with E-state index in [1.807, 2.05) is 13.8 Å². The van der Waals surface area contributed by atoms with Gasteiger partial charge in [0.05, 0.1) is 0 Å². The summed E-state index contributed by atoms with van der Waals surface area (Å²) in [5.41, 5.74) is 0.962. The summed E-state index contributed by atoms with van der Waals surface area (Å²) in [5, 5.41) is 2.88. The van der Waals surface area contributed by atoms with Gasteiger partial charge in [0, 0.05) is 32.6 Å². The highest BCUT2D eigenvalue weighted by Gasteiger charge is 2.08. The average molecular weight is 311 g/mol. The van der Waals surface area contributed by atoms with E-state index in [1.165, 1.54) is 12.1 Å². The van der Waals surface area contributed by atoms with E-state index in [9.17, 15) is 9.18 Å². The molecule has 0 radical (unpaired) electrons. The highest BCUT2D eigenvalue weighted by molar-refractivity contribution is 5.76. The van der Waals surface area contributed by atoms with E-state index in [4.69, 9.17) is 9.47 Å². The topological polar surface area (TPSA) is 47.6 Å². The lowest BCUT2D eigenvalue weighted by Crippen LogP contribution is -2.26. The van der Waals surface area contributed by atoms with Crippen LogP contribution in [-0.2, 0) is 20.7 Å². The van der Waals surface area contributed by atoms with E-state index in [1.54, 1.807) is 12.1 Å². The number of nitrogens with one attached hydrogen (secondary N) is 1. The van der Waals surface area contributed by atoms with Crippen LogP contribution in [0.2, 0.25) is 0 Å². The van der Waals surface area contributed by atoms with Gasteiger partial charge < -0.3 is 14.8 Å². The largest absolute Gasteiger partial charge is 0.356 e. The van der Waals surface area contributed by atoms with Gasteiger partial charge in [0.1, 0.15) is 5.82 Å². The first-order chi connectivity index (χ1) is 10.7. The van der Waals surface area contributed by atoms with Crippen LogP contribution in [-0.4, -0.2) is 32.0 Å². The van der Waals surface area contributed by atoms with Crippen LogP contribution in [0.1, 0.15) is 38.7 Å². The minimum Gasteiger partial charge on any atom is -0.356 e. The molecule has 0 aromatic heterocycles. The molecule has 0 heterocycles. The van der Waals surface area contributed by atoms with Crippen LogP contribution in [0.5, 0.6) is 0 Å². The number of ether oxygens (including phenoxy) is 2. The Balaban J connectivity index is 2.13. The molecule has 124 valence electrons. The molecule has 1 aromatic carbocycles. The molecule has 0 aliphatic carbocycles. The Morgan fingerprint density at radius 2 is 1.82 bits per heavy atom. The third-order valence-corrected chi connectivity index (χ3v) is 3.20. The summed E-state index contributed by atoms with van der Waals surface area (Å²) in [6.45, 7) is 5.72. The molecule has 1 aromatic rings. The first-order valence-corrected chi connectivity index (χ1v) is 7.90. The smallest absolute Gasteiger partial charge is 0.220 e. The molecule has 22 heavy (non-hydrogen) atoms. The molecule has 5 heteroatoms. The van der Waals surface area contributed by atoms with Crippen molar-refractivity contribution in [3.8, 4) is 0 Å². The lowest BCUT2D eigenvalue weighted by atomic mass is 10.1. The van der Waals surface area contributed by atoms with Gasteiger partial charge in [-0.25, -0.2) is 4.39 Å². The van der Waals surface area contributed by atoms with Gasteiger partial charge in [-0.1, -0.05) is 12.1 Å². The molecule has 4 nitrogen and oxygen atoms in total. The first-order valence-electron chi connectivity index (χ1n) is 7.90. The van der Waals surface area contributed by atoms with Gasteiger partial charge in [-0.15, -0.1) is 0 Å². The van der Waals surface area contributed by atoms with Crippen LogP contribution in [0.3, 0.4) is 0 Å². The fourth-order valence-corrected chi connectivity index (χ4v) is 2.08. The molecular formula is C17H26FNO3. The molecule has 1 rings (SSSR count). The maximum absolute atomic E-state index is 12.8. The fourth-order valence-electron chi connectivity index (χ4n) is 2.08. The van der Waals surface area contributed by atoms with Crippen molar-refractivity contribution in [2.24, 2.45) is 0 Å². The van der Waals surface area contributed by atoms with Crippen molar-refractivity contribution in [1.82, 2.24) is 5.32 Å². The predicted molar refractivity (Wildman–Crippen MR) is 84.0 cm³/mol. The normalized spacial score (nSPS) is 10.9. The standard InChI is InChI=1S/C17H26FNO3/c1-3-21-17(22-4-2)6-5-13-19-16(20)12-9-14-7-10-15(18)11-8-14/h7-8,10-11,17H,3-6,9,12-13H2,1-2H3,(H,19,20). The Morgan fingerprint density at radius 1 is 1.18 bits per heavy atom. The van der Waals surface area contributed by atoms with Crippen molar-refractivity contribution < 1.29 is 18.7 Å². The average Bonchev–Trinajstić information content (AvgIpc) is 2.51. The Hall–Kier alpha value is -1.46. The lowest BCUT2D eigenvalue weighted by molar-refractivity contribution is -0.140. The number of halogens is 1. The molecule has 1 amide bonds. The number of rotatable bonds is 11. The third kappa shape index (κ3) is 8.10. The van der Waals surface area contributed by atoms with Gasteiger partial charge in [-0.3, -0.25) is 4.79 Å². The summed E-state index contributed by atoms with van der Waals surface area (Å²) in [6.07, 6.45) is 2.41. The van der Waals surface area contributed by atoms with Crippen LogP contribution in [0, 0.1) is 5.82 Å². The Morgan fingerprint density at radius 3 is 2.41 bits per heavy atom. The Labute approximate surface area is 132 Å². The zero-order valence-electron chi connectivity index (χ0n) is 13.4. The van der Waals surface area contributed by atoms with Crippen molar-refractivity contribution in [3.63, 3.8) is 0 Å². The number of benzene rings is 1. The van der Waals surface area contributed by atoms with Crippen molar-refractivity contribution in [2.75, 3.05) is 19.8 Å². The van der Waals surface area contributed by atoms with Gasteiger partial charge in [-0.05, 0) is 44.4 Å². The Bertz CT molecular complexity index is 416. The summed E-state index contributed by atoms with van der Waals surface area (Å²) < 4.78 is 23.6. The number of aryl methyl sites for hydroxylation is 1. The van der Waals surface area contributed by atoms with Crippen LogP contribution in [0.25, 0.3) is 0 Å². The van der Waals surface area contributed by atoms with Gasteiger partial charge >= 0.3 is 0 Å². The predicted octanol–water partition coefficient (Wildman–Crippen LogP) is 3.05. The highest BCUT2D eigenvalue weighted by atomic mass is 19.1. The summed E-state index contributed by atoms with van der Waals surface area (Å²) in [5.74, 6) is -0.250. The molecule has 0 aliphatic rings. The quantitative estimate of drug-likeness (QED) is 0.505. The number of hydrogen-bond acceptors (Lipinski definition) is 3. The monoisotopic (exact) mass is 311 g/mol. The summed E-state index contributed by atoms with van der Waals surface area (Å²) in [7, 11) is 0. The second kappa shape index (κ2) is 11.2. The van der Waals surface area contributed by atoms with Crippen molar-refractivity contribution in [2.45, 2.75) is 45.8 Å². The van der Waals surface area contributed by atoms with Gasteiger partial charge in [0.15, 0.2) is 6.29 Å². The summed E-state index contributed by atoms with van der Waals surface area (Å²) >= 11 is 0. The zero-order valence-corrected chi connectivity index (χ0v) is 13.4. The SMILES string of the molecule is CCOC(CCCNC(=O)CCc1ccc(F)cc1)OCC. The molecule has 0 aliphatic heterocycles. The first kappa shape index (κ1) is 18.6. The maximum atomic E-state index is 12.8. The number of hydrogen-bond donors (Lipinski definition) is 1. The fraction of sp³-hybridized carbons (Fsp3) is 0.588. The van der Waals surface area contributed by atoms with Gasteiger partial charge in [0.25, 0.3) is 0 Å². The van der Waals surface area contributed by atoms with E-state index in [-0.39, 0.29) is 18.0 Å². The van der Waals surface area contributed by atoms with Gasteiger partial charge in [0.2, 0.25) is 5.91 Å². The molecular weight excluding hydrogens is 285 g/mol. The molecule has 0 unspecified atom stereocenters. The van der Waals surface area contributed by atoms with Crippen LogP contribution in [0.4, 0.5) is 4.39 Å². The van der Waals surface area contributed by atoms with Crippen LogP contribution >= 0.6 is 0 Å². The molecule has 0 atom stereocenters. The van der Waals surface area contributed by atoms with Gasteiger partial charge in [-0.2, -0.15) is 0 Å². The second-order valence-corrected chi connectivity index (χ2v) is 4.96. The maximum Gasteiger partial charge on any atom is 0.220 e. The van der Waals surface area contributed by atoms with E-state index >= 15 is 0 Å². The second-order valence-electron chi connectivity index (χ2n) is 4.96. The van der Waals surface area contributed by atoms with E-state index in [0.29, 0.717) is 32.6 Å². The van der Waals surface area contributed by atoms with E-state index < -0.39 is 0 Å². The number of amides is 1. The molecule has 0 bridgehead atoms. The van der Waals surface area contributed by atoms with Crippen molar-refractivity contribution in [3.05, 3.63) is 35.6 Å². The van der Waals surface area contributed by atoms with E-state index in [0.717, 1.165) is 18.4 Å². The molecule has 1 N–H and O–H groups in total. The summed E-state index contributed by atoms with van der Waals surface area (Å²) in [4.78, 5) is 11.7. The molecule has 0 spiro atoms. The number of carbonyl (C=O) groups excluding carboxylic acids is 1.